The van der Waals surface area contributed by atoms with E-state index in [9.17, 15) is 9.59 Å². The van der Waals surface area contributed by atoms with E-state index in [0.717, 1.165) is 19.3 Å². The van der Waals surface area contributed by atoms with Gasteiger partial charge < -0.3 is 10.6 Å². The van der Waals surface area contributed by atoms with Crippen LogP contribution in [0.1, 0.15) is 50.3 Å². The predicted molar refractivity (Wildman–Crippen MR) is 85.4 cm³/mol. The van der Waals surface area contributed by atoms with E-state index in [1.54, 1.807) is 11.3 Å². The first kappa shape index (κ1) is 16.0. The molecule has 0 unspecified atom stereocenters. The predicted octanol–water partition coefficient (Wildman–Crippen LogP) is 2.59. The van der Waals surface area contributed by atoms with Gasteiger partial charge in [0, 0.05) is 23.4 Å². The Morgan fingerprint density at radius 3 is 2.52 bits per heavy atom. The van der Waals surface area contributed by atoms with E-state index in [2.05, 4.69) is 28.1 Å². The second-order valence-electron chi connectivity index (χ2n) is 5.76. The summed E-state index contributed by atoms with van der Waals surface area (Å²) in [5.74, 6) is -1.03. The Labute approximate surface area is 130 Å². The molecule has 1 aromatic rings. The van der Waals surface area contributed by atoms with Gasteiger partial charge in [0.2, 0.25) is 0 Å². The van der Waals surface area contributed by atoms with E-state index in [1.165, 1.54) is 24.1 Å². The Kier molecular flexibility index (Phi) is 5.79. The first-order valence-corrected chi connectivity index (χ1v) is 8.66. The van der Waals surface area contributed by atoms with Gasteiger partial charge in [-0.1, -0.05) is 32.3 Å². The van der Waals surface area contributed by atoms with E-state index in [4.69, 9.17) is 0 Å². The lowest BCUT2D eigenvalue weighted by atomic mass is 9.73. The average Bonchev–Trinajstić information content (AvgIpc) is 3.06. The molecule has 0 atom stereocenters. The van der Waals surface area contributed by atoms with E-state index in [0.29, 0.717) is 13.1 Å². The minimum atomic E-state index is -0.519. The van der Waals surface area contributed by atoms with Gasteiger partial charge in [-0.3, -0.25) is 9.59 Å². The SMILES string of the molecule is CCCNC(=O)C(=O)NCC1(c2cccs2)CCCCC1. The summed E-state index contributed by atoms with van der Waals surface area (Å²) in [6, 6.07) is 4.21. The molecule has 1 heterocycles. The Balaban J connectivity index is 1.97. The van der Waals surface area contributed by atoms with Crippen LogP contribution in [0.2, 0.25) is 0 Å². The standard InChI is InChI=1S/C16H24N2O2S/c1-2-10-17-14(19)15(20)18-12-16(8-4-3-5-9-16)13-7-6-11-21-13/h6-7,11H,2-5,8-10,12H2,1H3,(H,17,19)(H,18,20). The Morgan fingerprint density at radius 1 is 1.19 bits per heavy atom. The van der Waals surface area contributed by atoms with Crippen LogP contribution in [-0.2, 0) is 15.0 Å². The second kappa shape index (κ2) is 7.59. The van der Waals surface area contributed by atoms with Crippen molar-refractivity contribution in [3.05, 3.63) is 22.4 Å². The van der Waals surface area contributed by atoms with Crippen molar-refractivity contribution in [3.63, 3.8) is 0 Å². The summed E-state index contributed by atoms with van der Waals surface area (Å²) >= 11 is 1.75. The van der Waals surface area contributed by atoms with Crippen molar-refractivity contribution in [3.8, 4) is 0 Å². The van der Waals surface area contributed by atoms with Gasteiger partial charge in [-0.15, -0.1) is 11.3 Å². The van der Waals surface area contributed by atoms with Crippen molar-refractivity contribution in [2.24, 2.45) is 0 Å². The molecule has 0 spiro atoms. The van der Waals surface area contributed by atoms with Crippen molar-refractivity contribution in [2.45, 2.75) is 50.9 Å². The highest BCUT2D eigenvalue weighted by Crippen LogP contribution is 2.40. The molecule has 0 aliphatic heterocycles. The van der Waals surface area contributed by atoms with Crippen LogP contribution < -0.4 is 10.6 Å². The van der Waals surface area contributed by atoms with E-state index < -0.39 is 11.8 Å². The van der Waals surface area contributed by atoms with Gasteiger partial charge in [-0.2, -0.15) is 0 Å². The molecule has 0 saturated heterocycles. The molecule has 116 valence electrons. The second-order valence-corrected chi connectivity index (χ2v) is 6.70. The summed E-state index contributed by atoms with van der Waals surface area (Å²) in [7, 11) is 0. The van der Waals surface area contributed by atoms with Gasteiger partial charge in [0.1, 0.15) is 0 Å². The molecule has 21 heavy (non-hydrogen) atoms. The number of thiophene rings is 1. The number of carbonyl (C=O) groups excluding carboxylic acids is 2. The zero-order chi connectivity index (χ0) is 15.1. The van der Waals surface area contributed by atoms with Crippen LogP contribution >= 0.6 is 11.3 Å². The quantitative estimate of drug-likeness (QED) is 0.822. The maximum absolute atomic E-state index is 11.9. The van der Waals surface area contributed by atoms with Crippen molar-refractivity contribution in [1.82, 2.24) is 10.6 Å². The van der Waals surface area contributed by atoms with Crippen molar-refractivity contribution in [1.29, 1.82) is 0 Å². The van der Waals surface area contributed by atoms with E-state index in [1.807, 2.05) is 6.92 Å². The van der Waals surface area contributed by atoms with Crippen LogP contribution in [0.15, 0.2) is 17.5 Å². The lowest BCUT2D eigenvalue weighted by molar-refractivity contribution is -0.139. The molecule has 2 amide bonds. The topological polar surface area (TPSA) is 58.2 Å². The summed E-state index contributed by atoms with van der Waals surface area (Å²) in [5.41, 5.74) is 0.0209. The number of rotatable bonds is 5. The monoisotopic (exact) mass is 308 g/mol. The molecule has 2 N–H and O–H groups in total. The van der Waals surface area contributed by atoms with Crippen molar-refractivity contribution >= 4 is 23.2 Å². The van der Waals surface area contributed by atoms with Crippen LogP contribution in [0.3, 0.4) is 0 Å². The fourth-order valence-corrected chi connectivity index (χ4v) is 3.95. The van der Waals surface area contributed by atoms with Gasteiger partial charge >= 0.3 is 11.8 Å². The first-order valence-electron chi connectivity index (χ1n) is 7.78. The molecule has 1 fully saturated rings. The third-order valence-electron chi connectivity index (χ3n) is 4.18. The summed E-state index contributed by atoms with van der Waals surface area (Å²) < 4.78 is 0. The van der Waals surface area contributed by atoms with Gasteiger partial charge in [0.05, 0.1) is 0 Å². The molecule has 0 radical (unpaired) electrons. The van der Waals surface area contributed by atoms with Gasteiger partial charge in [0.25, 0.3) is 0 Å². The van der Waals surface area contributed by atoms with Gasteiger partial charge in [-0.25, -0.2) is 0 Å². The normalized spacial score (nSPS) is 17.2. The molecular formula is C16H24N2O2S. The smallest absolute Gasteiger partial charge is 0.309 e. The molecular weight excluding hydrogens is 284 g/mol. The highest BCUT2D eigenvalue weighted by atomic mass is 32.1. The summed E-state index contributed by atoms with van der Waals surface area (Å²) in [5, 5.41) is 7.55. The minimum Gasteiger partial charge on any atom is -0.348 e. The lowest BCUT2D eigenvalue weighted by Crippen LogP contribution is -2.47. The number of amides is 2. The Bertz CT molecular complexity index is 465. The lowest BCUT2D eigenvalue weighted by Gasteiger charge is -2.36. The molecule has 1 saturated carbocycles. The Hall–Kier alpha value is -1.36. The summed E-state index contributed by atoms with van der Waals surface area (Å²) in [6.45, 7) is 3.07. The summed E-state index contributed by atoms with van der Waals surface area (Å²) in [6.07, 6.45) is 6.65. The fourth-order valence-electron chi connectivity index (χ4n) is 2.97. The molecule has 0 aromatic carbocycles. The molecule has 5 heteroatoms. The van der Waals surface area contributed by atoms with Crippen LogP contribution in [0.5, 0.6) is 0 Å². The fraction of sp³-hybridized carbons (Fsp3) is 0.625. The van der Waals surface area contributed by atoms with Crippen molar-refractivity contribution in [2.75, 3.05) is 13.1 Å². The third kappa shape index (κ3) is 4.06. The Morgan fingerprint density at radius 2 is 1.90 bits per heavy atom. The van der Waals surface area contributed by atoms with Crippen LogP contribution in [0, 0.1) is 0 Å². The van der Waals surface area contributed by atoms with Crippen LogP contribution in [0.4, 0.5) is 0 Å². The summed E-state index contributed by atoms with van der Waals surface area (Å²) in [4.78, 5) is 24.9. The zero-order valence-electron chi connectivity index (χ0n) is 12.6. The molecule has 1 aliphatic carbocycles. The first-order chi connectivity index (χ1) is 10.2. The zero-order valence-corrected chi connectivity index (χ0v) is 13.4. The maximum Gasteiger partial charge on any atom is 0.309 e. The largest absolute Gasteiger partial charge is 0.348 e. The number of hydrogen-bond donors (Lipinski definition) is 2. The van der Waals surface area contributed by atoms with Crippen LogP contribution in [-0.4, -0.2) is 24.9 Å². The highest BCUT2D eigenvalue weighted by molar-refractivity contribution is 7.10. The highest BCUT2D eigenvalue weighted by Gasteiger charge is 2.35. The van der Waals surface area contributed by atoms with Gasteiger partial charge in [-0.05, 0) is 30.7 Å². The minimum absolute atomic E-state index is 0.0209. The molecule has 1 aliphatic rings. The maximum atomic E-state index is 11.9. The molecule has 0 bridgehead atoms. The number of nitrogens with one attached hydrogen (secondary N) is 2. The number of hydrogen-bond acceptors (Lipinski definition) is 3. The van der Waals surface area contributed by atoms with Crippen molar-refractivity contribution < 1.29 is 9.59 Å². The average molecular weight is 308 g/mol. The van der Waals surface area contributed by atoms with Crippen LogP contribution in [0.25, 0.3) is 0 Å². The number of carbonyl (C=O) groups is 2. The third-order valence-corrected chi connectivity index (χ3v) is 5.30. The van der Waals surface area contributed by atoms with E-state index in [-0.39, 0.29) is 5.41 Å². The molecule has 1 aromatic heterocycles. The van der Waals surface area contributed by atoms with E-state index >= 15 is 0 Å². The molecule has 4 nitrogen and oxygen atoms in total. The van der Waals surface area contributed by atoms with Gasteiger partial charge in [0.15, 0.2) is 0 Å². The molecule has 2 rings (SSSR count).